The lowest BCUT2D eigenvalue weighted by Gasteiger charge is -2.30. The van der Waals surface area contributed by atoms with Crippen LogP contribution in [-0.2, 0) is 0 Å². The van der Waals surface area contributed by atoms with E-state index in [2.05, 4.69) is 0 Å². The van der Waals surface area contributed by atoms with Gasteiger partial charge >= 0.3 is 0 Å². The molecule has 0 amide bonds. The lowest BCUT2D eigenvalue weighted by atomic mass is 9.76. The van der Waals surface area contributed by atoms with Crippen LogP contribution in [0.2, 0.25) is 0 Å². The Labute approximate surface area is 63.0 Å². The summed E-state index contributed by atoms with van der Waals surface area (Å²) in [6.07, 6.45) is 8.76. The smallest absolute Gasteiger partial charge is 0.00436 e. The highest BCUT2D eigenvalue weighted by Gasteiger charge is 2.48. The van der Waals surface area contributed by atoms with E-state index in [1.165, 1.54) is 38.5 Å². The number of hydrogen-bond acceptors (Lipinski definition) is 1. The fourth-order valence-electron chi connectivity index (χ4n) is 2.56. The van der Waals surface area contributed by atoms with Gasteiger partial charge in [0.2, 0.25) is 0 Å². The highest BCUT2D eigenvalue weighted by atomic mass is 14.6. The molecule has 1 spiro atoms. The molecule has 0 radical (unpaired) electrons. The summed E-state index contributed by atoms with van der Waals surface area (Å²) in [5.74, 6) is 0.890. The third kappa shape index (κ3) is 0.878. The second-order valence-electron chi connectivity index (χ2n) is 4.04. The van der Waals surface area contributed by atoms with Crippen molar-refractivity contribution in [2.24, 2.45) is 17.1 Å². The topological polar surface area (TPSA) is 26.0 Å². The van der Waals surface area contributed by atoms with Gasteiger partial charge in [-0.15, -0.1) is 0 Å². The molecule has 2 aliphatic carbocycles. The van der Waals surface area contributed by atoms with Gasteiger partial charge < -0.3 is 5.73 Å². The van der Waals surface area contributed by atoms with Crippen LogP contribution in [0.15, 0.2) is 0 Å². The Balaban J connectivity index is 2.01. The highest BCUT2D eigenvalue weighted by Crippen LogP contribution is 2.59. The van der Waals surface area contributed by atoms with Gasteiger partial charge in [0.05, 0.1) is 0 Å². The Morgan fingerprint density at radius 3 is 2.50 bits per heavy atom. The lowest BCUT2D eigenvalue weighted by molar-refractivity contribution is 0.220. The number of rotatable bonds is 1. The van der Waals surface area contributed by atoms with Crippen molar-refractivity contribution in [2.75, 3.05) is 6.54 Å². The summed E-state index contributed by atoms with van der Waals surface area (Å²) in [6, 6.07) is 0. The van der Waals surface area contributed by atoms with Gasteiger partial charge in [-0.2, -0.15) is 0 Å². The van der Waals surface area contributed by atoms with E-state index >= 15 is 0 Å². The minimum atomic E-state index is 0.771. The third-order valence-corrected chi connectivity index (χ3v) is 3.52. The minimum Gasteiger partial charge on any atom is -0.330 e. The van der Waals surface area contributed by atoms with Crippen LogP contribution in [0.5, 0.6) is 0 Å². The largest absolute Gasteiger partial charge is 0.330 e. The van der Waals surface area contributed by atoms with Gasteiger partial charge in [-0.05, 0) is 43.6 Å². The summed E-state index contributed by atoms with van der Waals surface area (Å²) in [7, 11) is 0. The molecule has 0 aliphatic heterocycles. The van der Waals surface area contributed by atoms with Crippen LogP contribution in [0.4, 0.5) is 0 Å². The molecular formula is C9H17N. The SMILES string of the molecule is NC[C@H]1CCCCC12CC2. The average molecular weight is 139 g/mol. The molecule has 0 aromatic carbocycles. The standard InChI is InChI=1S/C9H17N/c10-7-8-3-1-2-4-9(8)5-6-9/h8H,1-7,10H2/t8-/m1/s1. The van der Waals surface area contributed by atoms with E-state index in [4.69, 9.17) is 5.73 Å². The second kappa shape index (κ2) is 2.23. The Morgan fingerprint density at radius 1 is 1.20 bits per heavy atom. The molecule has 2 fully saturated rings. The van der Waals surface area contributed by atoms with Crippen molar-refractivity contribution >= 4 is 0 Å². The Hall–Kier alpha value is -0.0400. The van der Waals surface area contributed by atoms with Gasteiger partial charge in [-0.1, -0.05) is 12.8 Å². The summed E-state index contributed by atoms with van der Waals surface area (Å²) in [5, 5.41) is 0. The van der Waals surface area contributed by atoms with Gasteiger partial charge in [-0.3, -0.25) is 0 Å². The summed E-state index contributed by atoms with van der Waals surface area (Å²) >= 11 is 0. The van der Waals surface area contributed by atoms with Gasteiger partial charge in [0.1, 0.15) is 0 Å². The van der Waals surface area contributed by atoms with Crippen LogP contribution in [0.1, 0.15) is 38.5 Å². The van der Waals surface area contributed by atoms with Crippen LogP contribution < -0.4 is 5.73 Å². The summed E-state index contributed by atoms with van der Waals surface area (Å²) in [6.45, 7) is 0.944. The second-order valence-corrected chi connectivity index (χ2v) is 4.04. The van der Waals surface area contributed by atoms with Gasteiger partial charge in [0, 0.05) is 0 Å². The first-order chi connectivity index (χ1) is 4.87. The fourth-order valence-corrected chi connectivity index (χ4v) is 2.56. The van der Waals surface area contributed by atoms with Crippen molar-refractivity contribution in [1.29, 1.82) is 0 Å². The molecule has 0 bridgehead atoms. The molecule has 0 saturated heterocycles. The first-order valence-corrected chi connectivity index (χ1v) is 4.57. The zero-order valence-electron chi connectivity index (χ0n) is 6.60. The van der Waals surface area contributed by atoms with Crippen molar-refractivity contribution < 1.29 is 0 Å². The maximum atomic E-state index is 5.72. The number of nitrogens with two attached hydrogens (primary N) is 1. The molecule has 1 atom stereocenters. The van der Waals surface area contributed by atoms with E-state index in [9.17, 15) is 0 Å². The molecule has 0 aromatic heterocycles. The molecule has 1 nitrogen and oxygen atoms in total. The lowest BCUT2D eigenvalue weighted by Crippen LogP contribution is -2.27. The molecule has 0 unspecified atom stereocenters. The van der Waals surface area contributed by atoms with Crippen molar-refractivity contribution in [3.05, 3.63) is 0 Å². The molecule has 0 aromatic rings. The molecule has 2 aliphatic rings. The normalized spacial score (nSPS) is 36.3. The van der Waals surface area contributed by atoms with Crippen molar-refractivity contribution in [3.63, 3.8) is 0 Å². The van der Waals surface area contributed by atoms with Crippen molar-refractivity contribution in [3.8, 4) is 0 Å². The monoisotopic (exact) mass is 139 g/mol. The predicted octanol–water partition coefficient (Wildman–Crippen LogP) is 1.92. The molecule has 2 saturated carbocycles. The zero-order chi connectivity index (χ0) is 7.03. The highest BCUT2D eigenvalue weighted by molar-refractivity contribution is 5.00. The van der Waals surface area contributed by atoms with E-state index < -0.39 is 0 Å². The van der Waals surface area contributed by atoms with E-state index in [0.717, 1.165) is 17.9 Å². The fraction of sp³-hybridized carbons (Fsp3) is 1.00. The molecule has 10 heavy (non-hydrogen) atoms. The van der Waals surface area contributed by atoms with Gasteiger partial charge in [0.25, 0.3) is 0 Å². The van der Waals surface area contributed by atoms with Crippen LogP contribution in [0, 0.1) is 11.3 Å². The summed E-state index contributed by atoms with van der Waals surface area (Å²) < 4.78 is 0. The van der Waals surface area contributed by atoms with E-state index in [-0.39, 0.29) is 0 Å². The predicted molar refractivity (Wildman–Crippen MR) is 42.7 cm³/mol. The average Bonchev–Trinajstić information content (AvgIpc) is 2.71. The Kier molecular flexibility index (Phi) is 1.48. The molecule has 1 heteroatoms. The van der Waals surface area contributed by atoms with Crippen LogP contribution in [0.25, 0.3) is 0 Å². The zero-order valence-corrected chi connectivity index (χ0v) is 6.60. The van der Waals surface area contributed by atoms with E-state index in [1.807, 2.05) is 0 Å². The number of hydrogen-bond donors (Lipinski definition) is 1. The van der Waals surface area contributed by atoms with Gasteiger partial charge in [-0.25, -0.2) is 0 Å². The van der Waals surface area contributed by atoms with E-state index in [1.54, 1.807) is 0 Å². The van der Waals surface area contributed by atoms with Crippen molar-refractivity contribution in [1.82, 2.24) is 0 Å². The van der Waals surface area contributed by atoms with Crippen LogP contribution >= 0.6 is 0 Å². The summed E-state index contributed by atoms with van der Waals surface area (Å²) in [5.41, 5.74) is 6.49. The first kappa shape index (κ1) is 6.66. The molecule has 58 valence electrons. The maximum absolute atomic E-state index is 5.72. The quantitative estimate of drug-likeness (QED) is 0.590. The molecule has 0 heterocycles. The maximum Gasteiger partial charge on any atom is -0.00436 e. The van der Waals surface area contributed by atoms with Crippen LogP contribution in [-0.4, -0.2) is 6.54 Å². The molecular weight excluding hydrogens is 122 g/mol. The molecule has 2 rings (SSSR count). The van der Waals surface area contributed by atoms with E-state index in [0.29, 0.717) is 0 Å². The Bertz CT molecular complexity index is 127. The minimum absolute atomic E-state index is 0.771. The molecule has 2 N–H and O–H groups in total. The first-order valence-electron chi connectivity index (χ1n) is 4.57. The van der Waals surface area contributed by atoms with Crippen molar-refractivity contribution in [2.45, 2.75) is 38.5 Å². The van der Waals surface area contributed by atoms with Crippen LogP contribution in [0.3, 0.4) is 0 Å². The third-order valence-electron chi connectivity index (χ3n) is 3.52. The summed E-state index contributed by atoms with van der Waals surface area (Å²) in [4.78, 5) is 0. The Morgan fingerprint density at radius 2 is 2.00 bits per heavy atom. The van der Waals surface area contributed by atoms with Gasteiger partial charge in [0.15, 0.2) is 0 Å².